The standard InChI is InChI=1S/C26H27N5O2/c1-18(32)30-15-13-19-8-4-5-11-22(19)23(30)17-25(33)27-21-10-7-9-20(16-21)26-29-28-24-12-3-2-6-14-31(24)26/h4-5,7-11,13,15-16,23H,2-3,6,12,14,17H2,1H3,(H,27,33). The molecule has 1 unspecified atom stereocenters. The van der Waals surface area contributed by atoms with Crippen LogP contribution in [0.4, 0.5) is 5.69 Å². The second-order valence-corrected chi connectivity index (χ2v) is 8.62. The molecule has 2 aliphatic rings. The van der Waals surface area contributed by atoms with E-state index in [9.17, 15) is 9.59 Å². The highest BCUT2D eigenvalue weighted by atomic mass is 16.2. The van der Waals surface area contributed by atoms with Gasteiger partial charge in [-0.05, 0) is 42.2 Å². The predicted octanol–water partition coefficient (Wildman–Crippen LogP) is 4.57. The van der Waals surface area contributed by atoms with E-state index in [2.05, 4.69) is 20.1 Å². The number of nitrogens with one attached hydrogen (secondary N) is 1. The SMILES string of the molecule is CC(=O)N1C=Cc2ccccc2C1CC(=O)Nc1cccc(-c2nnc3n2CCCCC3)c1. The number of carbonyl (C=O) groups is 2. The molecule has 0 saturated heterocycles. The average molecular weight is 442 g/mol. The Morgan fingerprint density at radius 1 is 1.06 bits per heavy atom. The molecular weight excluding hydrogens is 414 g/mol. The van der Waals surface area contributed by atoms with Crippen LogP contribution in [-0.2, 0) is 22.6 Å². The molecule has 5 rings (SSSR count). The molecule has 3 aromatic rings. The van der Waals surface area contributed by atoms with E-state index < -0.39 is 0 Å². The van der Waals surface area contributed by atoms with Gasteiger partial charge in [-0.1, -0.05) is 42.8 Å². The number of aromatic nitrogens is 3. The van der Waals surface area contributed by atoms with Crippen molar-refractivity contribution >= 4 is 23.6 Å². The maximum Gasteiger partial charge on any atom is 0.226 e. The topological polar surface area (TPSA) is 80.1 Å². The van der Waals surface area contributed by atoms with Gasteiger partial charge in [0.15, 0.2) is 5.82 Å². The molecule has 168 valence electrons. The minimum absolute atomic E-state index is 0.0898. The van der Waals surface area contributed by atoms with Crippen LogP contribution < -0.4 is 5.32 Å². The summed E-state index contributed by atoms with van der Waals surface area (Å²) in [6.45, 7) is 2.44. The molecule has 3 heterocycles. The lowest BCUT2D eigenvalue weighted by Gasteiger charge is -2.32. The average Bonchev–Trinajstić information content (AvgIpc) is 3.07. The van der Waals surface area contributed by atoms with E-state index in [-0.39, 0.29) is 24.3 Å². The van der Waals surface area contributed by atoms with Crippen LogP contribution in [0.1, 0.15) is 55.6 Å². The van der Waals surface area contributed by atoms with E-state index in [0.29, 0.717) is 5.69 Å². The summed E-state index contributed by atoms with van der Waals surface area (Å²) in [4.78, 5) is 26.9. The number of anilines is 1. The monoisotopic (exact) mass is 441 g/mol. The zero-order chi connectivity index (χ0) is 22.8. The van der Waals surface area contributed by atoms with E-state index >= 15 is 0 Å². The van der Waals surface area contributed by atoms with Crippen molar-refractivity contribution in [1.82, 2.24) is 19.7 Å². The third-order valence-corrected chi connectivity index (χ3v) is 6.36. The molecule has 2 aliphatic heterocycles. The molecule has 0 aliphatic carbocycles. The number of hydrogen-bond donors (Lipinski definition) is 1. The zero-order valence-electron chi connectivity index (χ0n) is 18.7. The Hall–Kier alpha value is -3.74. The zero-order valence-corrected chi connectivity index (χ0v) is 18.7. The van der Waals surface area contributed by atoms with Gasteiger partial charge in [-0.15, -0.1) is 10.2 Å². The van der Waals surface area contributed by atoms with Crippen LogP contribution in [0.2, 0.25) is 0 Å². The maximum atomic E-state index is 13.0. The Bertz CT molecular complexity index is 1230. The third-order valence-electron chi connectivity index (χ3n) is 6.36. The fraction of sp³-hybridized carbons (Fsp3) is 0.308. The summed E-state index contributed by atoms with van der Waals surface area (Å²) < 4.78 is 2.20. The second kappa shape index (κ2) is 9.02. The van der Waals surface area contributed by atoms with Crippen molar-refractivity contribution < 1.29 is 9.59 Å². The van der Waals surface area contributed by atoms with E-state index in [1.54, 1.807) is 11.1 Å². The number of aryl methyl sites for hydroxylation is 1. The molecule has 0 radical (unpaired) electrons. The van der Waals surface area contributed by atoms with Crippen LogP contribution in [0.3, 0.4) is 0 Å². The van der Waals surface area contributed by atoms with Crippen LogP contribution in [-0.4, -0.2) is 31.5 Å². The van der Waals surface area contributed by atoms with Gasteiger partial charge in [0.05, 0.1) is 12.5 Å². The highest BCUT2D eigenvalue weighted by molar-refractivity contribution is 5.92. The first-order valence-corrected chi connectivity index (χ1v) is 11.5. The predicted molar refractivity (Wildman–Crippen MR) is 127 cm³/mol. The highest BCUT2D eigenvalue weighted by Crippen LogP contribution is 2.33. The number of benzene rings is 2. The summed E-state index contributed by atoms with van der Waals surface area (Å²) in [6, 6.07) is 15.3. The van der Waals surface area contributed by atoms with Crippen LogP contribution in [0, 0.1) is 0 Å². The lowest BCUT2D eigenvalue weighted by molar-refractivity contribution is -0.129. The lowest BCUT2D eigenvalue weighted by atomic mass is 9.93. The van der Waals surface area contributed by atoms with Crippen molar-refractivity contribution in [3.63, 3.8) is 0 Å². The Kier molecular flexibility index (Phi) is 5.77. The quantitative estimate of drug-likeness (QED) is 0.643. The summed E-state index contributed by atoms with van der Waals surface area (Å²) in [6.07, 6.45) is 8.27. The molecule has 2 aromatic carbocycles. The number of hydrogen-bond acceptors (Lipinski definition) is 4. The van der Waals surface area contributed by atoms with Crippen LogP contribution in [0.5, 0.6) is 0 Å². The largest absolute Gasteiger partial charge is 0.326 e. The Morgan fingerprint density at radius 3 is 2.82 bits per heavy atom. The lowest BCUT2D eigenvalue weighted by Crippen LogP contribution is -2.33. The second-order valence-electron chi connectivity index (χ2n) is 8.62. The summed E-state index contributed by atoms with van der Waals surface area (Å²) in [5.41, 5.74) is 3.65. The van der Waals surface area contributed by atoms with Gasteiger partial charge in [0.1, 0.15) is 5.82 Å². The van der Waals surface area contributed by atoms with Gasteiger partial charge in [0.25, 0.3) is 0 Å². The normalized spacial score (nSPS) is 17.1. The Balaban J connectivity index is 1.35. The van der Waals surface area contributed by atoms with Gasteiger partial charge < -0.3 is 14.8 Å². The van der Waals surface area contributed by atoms with Crippen molar-refractivity contribution in [2.45, 2.75) is 51.6 Å². The highest BCUT2D eigenvalue weighted by Gasteiger charge is 2.28. The molecule has 2 amide bonds. The first-order chi connectivity index (χ1) is 16.1. The fourth-order valence-corrected chi connectivity index (χ4v) is 4.74. The smallest absolute Gasteiger partial charge is 0.226 e. The molecule has 0 bridgehead atoms. The third kappa shape index (κ3) is 4.31. The molecular formula is C26H27N5O2. The number of amides is 2. The molecule has 7 heteroatoms. The molecule has 33 heavy (non-hydrogen) atoms. The van der Waals surface area contributed by atoms with Gasteiger partial charge in [-0.25, -0.2) is 0 Å². The molecule has 0 fully saturated rings. The Morgan fingerprint density at radius 2 is 1.94 bits per heavy atom. The van der Waals surface area contributed by atoms with Crippen LogP contribution in [0.15, 0.2) is 54.7 Å². The van der Waals surface area contributed by atoms with Gasteiger partial charge in [-0.2, -0.15) is 0 Å². The first-order valence-electron chi connectivity index (χ1n) is 11.5. The van der Waals surface area contributed by atoms with Crippen LogP contribution >= 0.6 is 0 Å². The maximum absolute atomic E-state index is 13.0. The molecule has 7 nitrogen and oxygen atoms in total. The fourth-order valence-electron chi connectivity index (χ4n) is 4.74. The van der Waals surface area contributed by atoms with Crippen LogP contribution in [0.25, 0.3) is 17.5 Å². The van der Waals surface area contributed by atoms with E-state index in [0.717, 1.165) is 54.1 Å². The summed E-state index contributed by atoms with van der Waals surface area (Å²) in [5, 5.41) is 11.8. The van der Waals surface area contributed by atoms with Gasteiger partial charge in [0, 0.05) is 37.3 Å². The number of fused-ring (bicyclic) bond motifs is 2. The number of rotatable bonds is 4. The van der Waals surface area contributed by atoms with E-state index in [1.807, 2.05) is 54.6 Å². The molecule has 0 saturated carbocycles. The summed E-state index contributed by atoms with van der Waals surface area (Å²) in [5.74, 6) is 1.64. The first kappa shape index (κ1) is 21.1. The van der Waals surface area contributed by atoms with Crippen molar-refractivity contribution in [3.05, 3.63) is 71.7 Å². The van der Waals surface area contributed by atoms with Gasteiger partial charge in [0.2, 0.25) is 11.8 Å². The summed E-state index contributed by atoms with van der Waals surface area (Å²) >= 11 is 0. The molecule has 1 N–H and O–H groups in total. The van der Waals surface area contributed by atoms with E-state index in [4.69, 9.17) is 0 Å². The van der Waals surface area contributed by atoms with Crippen molar-refractivity contribution in [3.8, 4) is 11.4 Å². The Labute approximate surface area is 193 Å². The number of nitrogens with zero attached hydrogens (tertiary/aromatic N) is 4. The number of carbonyl (C=O) groups excluding carboxylic acids is 2. The molecule has 0 spiro atoms. The minimum Gasteiger partial charge on any atom is -0.326 e. The molecule has 1 aromatic heterocycles. The van der Waals surface area contributed by atoms with Gasteiger partial charge in [-0.3, -0.25) is 9.59 Å². The van der Waals surface area contributed by atoms with Crippen molar-refractivity contribution in [1.29, 1.82) is 0 Å². The molecule has 1 atom stereocenters. The van der Waals surface area contributed by atoms with E-state index in [1.165, 1.54) is 13.3 Å². The van der Waals surface area contributed by atoms with Gasteiger partial charge >= 0.3 is 0 Å². The van der Waals surface area contributed by atoms with Crippen molar-refractivity contribution in [2.75, 3.05) is 5.32 Å². The van der Waals surface area contributed by atoms with Crippen molar-refractivity contribution in [2.24, 2.45) is 0 Å². The summed E-state index contributed by atoms with van der Waals surface area (Å²) in [7, 11) is 0. The minimum atomic E-state index is -0.334.